The molecule has 1 rings (SSSR count). The topological polar surface area (TPSA) is 60.8 Å². The summed E-state index contributed by atoms with van der Waals surface area (Å²) in [4.78, 5) is 14.2. The van der Waals surface area contributed by atoms with Crippen molar-refractivity contribution in [2.75, 3.05) is 19.8 Å². The maximum Gasteiger partial charge on any atom is 0.255 e. The third-order valence-electron chi connectivity index (χ3n) is 2.96. The van der Waals surface area contributed by atoms with Crippen LogP contribution in [-0.4, -0.2) is 46.8 Å². The van der Waals surface area contributed by atoms with Crippen molar-refractivity contribution in [1.82, 2.24) is 4.90 Å². The Hall–Kier alpha value is -1.90. The summed E-state index contributed by atoms with van der Waals surface area (Å²) in [5.41, 5.74) is 0.549. The number of carbonyl (C=O) groups excluding carboxylic acids is 1. The number of carbonyl (C=O) groups is 1. The lowest BCUT2D eigenvalue weighted by atomic mass is 10.1. The third kappa shape index (κ3) is 4.85. The molecule has 0 saturated carbocycles. The van der Waals surface area contributed by atoms with Gasteiger partial charge in [-0.05, 0) is 38.5 Å². The van der Waals surface area contributed by atoms with Gasteiger partial charge in [-0.2, -0.15) is 0 Å². The van der Waals surface area contributed by atoms with Gasteiger partial charge in [-0.25, -0.2) is 4.39 Å². The molecule has 0 aliphatic heterocycles. The quantitative estimate of drug-likeness (QED) is 0.807. The van der Waals surface area contributed by atoms with Crippen molar-refractivity contribution in [3.8, 4) is 11.8 Å². The molecule has 1 aromatic rings. The molecule has 114 valence electrons. The summed E-state index contributed by atoms with van der Waals surface area (Å²) in [6.07, 6.45) is 0.475. The molecule has 0 bridgehead atoms. The van der Waals surface area contributed by atoms with Crippen molar-refractivity contribution in [3.63, 3.8) is 0 Å². The number of halogens is 1. The molecule has 1 aromatic carbocycles. The Morgan fingerprint density at radius 3 is 2.67 bits per heavy atom. The van der Waals surface area contributed by atoms with E-state index in [1.54, 1.807) is 4.90 Å². The van der Waals surface area contributed by atoms with Gasteiger partial charge >= 0.3 is 0 Å². The molecule has 0 unspecified atom stereocenters. The predicted molar refractivity (Wildman–Crippen MR) is 78.2 cm³/mol. The van der Waals surface area contributed by atoms with Crippen molar-refractivity contribution in [2.45, 2.75) is 26.3 Å². The molecular formula is C16H20FNO3. The summed E-state index contributed by atoms with van der Waals surface area (Å²) in [6.45, 7) is 3.80. The van der Waals surface area contributed by atoms with Gasteiger partial charge in [0.1, 0.15) is 12.4 Å². The van der Waals surface area contributed by atoms with E-state index < -0.39 is 5.82 Å². The molecule has 0 spiro atoms. The molecule has 0 aliphatic rings. The Bertz CT molecular complexity index is 546. The number of nitrogens with zero attached hydrogens (tertiary/aromatic N) is 1. The molecule has 0 heterocycles. The molecule has 0 radical (unpaired) electrons. The second kappa shape index (κ2) is 8.40. The van der Waals surface area contributed by atoms with Crippen LogP contribution in [0.2, 0.25) is 0 Å². The third-order valence-corrected chi connectivity index (χ3v) is 2.96. The molecule has 4 nitrogen and oxygen atoms in total. The average molecular weight is 293 g/mol. The zero-order valence-corrected chi connectivity index (χ0v) is 12.3. The van der Waals surface area contributed by atoms with Gasteiger partial charge in [0.25, 0.3) is 5.91 Å². The lowest BCUT2D eigenvalue weighted by Crippen LogP contribution is -2.38. The molecule has 21 heavy (non-hydrogen) atoms. The maximum absolute atomic E-state index is 13.3. The standard InChI is InChI=1S/C16H20FNO3/c1-12(2)18(8-4-10-20)16(21)15-7-6-14(17)11-13(15)5-3-9-19/h6-7,11-12,19-20H,4,8-10H2,1-2H3. The van der Waals surface area contributed by atoms with E-state index in [-0.39, 0.29) is 30.7 Å². The lowest BCUT2D eigenvalue weighted by molar-refractivity contribution is 0.0693. The Kier molecular flexibility index (Phi) is 6.86. The van der Waals surface area contributed by atoms with Gasteiger partial charge in [0.05, 0.1) is 5.56 Å². The summed E-state index contributed by atoms with van der Waals surface area (Å²) < 4.78 is 13.3. The fraction of sp³-hybridized carbons (Fsp3) is 0.438. The van der Waals surface area contributed by atoms with E-state index in [1.165, 1.54) is 18.2 Å². The summed E-state index contributed by atoms with van der Waals surface area (Å²) in [5.74, 6) is 4.28. The van der Waals surface area contributed by atoms with Crippen LogP contribution in [0, 0.1) is 17.7 Å². The Morgan fingerprint density at radius 1 is 1.38 bits per heavy atom. The highest BCUT2D eigenvalue weighted by Gasteiger charge is 2.20. The van der Waals surface area contributed by atoms with Crippen LogP contribution < -0.4 is 0 Å². The Labute approximate surface area is 124 Å². The first-order chi connectivity index (χ1) is 10.0. The van der Waals surface area contributed by atoms with Gasteiger partial charge in [0, 0.05) is 24.8 Å². The predicted octanol–water partition coefficient (Wildman–Crippen LogP) is 1.40. The van der Waals surface area contributed by atoms with Gasteiger partial charge < -0.3 is 15.1 Å². The fourth-order valence-electron chi connectivity index (χ4n) is 1.93. The highest BCUT2D eigenvalue weighted by Crippen LogP contribution is 2.15. The first-order valence-corrected chi connectivity index (χ1v) is 6.82. The molecule has 2 N–H and O–H groups in total. The first kappa shape index (κ1) is 17.2. The minimum atomic E-state index is -0.486. The summed E-state index contributed by atoms with van der Waals surface area (Å²) >= 11 is 0. The van der Waals surface area contributed by atoms with E-state index in [0.717, 1.165) is 0 Å². The van der Waals surface area contributed by atoms with Gasteiger partial charge in [-0.15, -0.1) is 0 Å². The van der Waals surface area contributed by atoms with Crippen molar-refractivity contribution >= 4 is 5.91 Å². The number of amides is 1. The summed E-state index contributed by atoms with van der Waals surface area (Å²) in [5, 5.41) is 17.7. The smallest absolute Gasteiger partial charge is 0.255 e. The second-order valence-corrected chi connectivity index (χ2v) is 4.82. The van der Waals surface area contributed by atoms with Crippen molar-refractivity contribution in [3.05, 3.63) is 35.1 Å². The van der Waals surface area contributed by atoms with Crippen LogP contribution in [-0.2, 0) is 0 Å². The van der Waals surface area contributed by atoms with Crippen molar-refractivity contribution in [1.29, 1.82) is 0 Å². The molecule has 0 fully saturated rings. The Balaban J connectivity index is 3.14. The van der Waals surface area contributed by atoms with Gasteiger partial charge in [0.2, 0.25) is 0 Å². The van der Waals surface area contributed by atoms with Crippen LogP contribution in [0.1, 0.15) is 36.2 Å². The highest BCUT2D eigenvalue weighted by atomic mass is 19.1. The molecule has 5 heteroatoms. The van der Waals surface area contributed by atoms with Crippen LogP contribution in [0.5, 0.6) is 0 Å². The molecule has 0 aliphatic carbocycles. The van der Waals surface area contributed by atoms with E-state index in [0.29, 0.717) is 18.5 Å². The lowest BCUT2D eigenvalue weighted by Gasteiger charge is -2.27. The van der Waals surface area contributed by atoms with E-state index in [4.69, 9.17) is 10.2 Å². The summed E-state index contributed by atoms with van der Waals surface area (Å²) in [6, 6.07) is 3.74. The van der Waals surface area contributed by atoms with Crippen molar-refractivity contribution in [2.24, 2.45) is 0 Å². The van der Waals surface area contributed by atoms with Gasteiger partial charge in [0.15, 0.2) is 0 Å². The number of hydrogen-bond acceptors (Lipinski definition) is 3. The molecule has 0 aromatic heterocycles. The zero-order chi connectivity index (χ0) is 15.8. The molecule has 0 saturated heterocycles. The van der Waals surface area contributed by atoms with Gasteiger partial charge in [-0.1, -0.05) is 11.8 Å². The second-order valence-electron chi connectivity index (χ2n) is 4.82. The van der Waals surface area contributed by atoms with Gasteiger partial charge in [-0.3, -0.25) is 4.79 Å². The molecule has 1 amide bonds. The Morgan fingerprint density at radius 2 is 2.10 bits per heavy atom. The number of benzene rings is 1. The first-order valence-electron chi connectivity index (χ1n) is 6.82. The fourth-order valence-corrected chi connectivity index (χ4v) is 1.93. The van der Waals surface area contributed by atoms with Crippen LogP contribution in [0.3, 0.4) is 0 Å². The molecular weight excluding hydrogens is 273 g/mol. The number of hydrogen-bond donors (Lipinski definition) is 2. The average Bonchev–Trinajstić information content (AvgIpc) is 2.45. The van der Waals surface area contributed by atoms with Crippen LogP contribution in [0.15, 0.2) is 18.2 Å². The largest absolute Gasteiger partial charge is 0.396 e. The van der Waals surface area contributed by atoms with Crippen LogP contribution >= 0.6 is 0 Å². The zero-order valence-electron chi connectivity index (χ0n) is 12.3. The molecule has 0 atom stereocenters. The number of aliphatic hydroxyl groups is 2. The normalized spacial score (nSPS) is 10.2. The van der Waals surface area contributed by atoms with Crippen LogP contribution in [0.4, 0.5) is 4.39 Å². The van der Waals surface area contributed by atoms with Crippen LogP contribution in [0.25, 0.3) is 0 Å². The summed E-state index contributed by atoms with van der Waals surface area (Å²) in [7, 11) is 0. The van der Waals surface area contributed by atoms with E-state index in [1.807, 2.05) is 13.8 Å². The maximum atomic E-state index is 13.3. The van der Waals surface area contributed by atoms with E-state index >= 15 is 0 Å². The van der Waals surface area contributed by atoms with E-state index in [9.17, 15) is 9.18 Å². The number of aliphatic hydroxyl groups excluding tert-OH is 2. The number of rotatable bonds is 5. The minimum Gasteiger partial charge on any atom is -0.396 e. The highest BCUT2D eigenvalue weighted by molar-refractivity contribution is 5.97. The van der Waals surface area contributed by atoms with Crippen molar-refractivity contribution < 1.29 is 19.4 Å². The monoisotopic (exact) mass is 293 g/mol. The van der Waals surface area contributed by atoms with E-state index in [2.05, 4.69) is 11.8 Å². The minimum absolute atomic E-state index is 0.00288. The SMILES string of the molecule is CC(C)N(CCCO)C(=O)c1ccc(F)cc1C#CCO.